The van der Waals surface area contributed by atoms with E-state index < -0.39 is 0 Å². The van der Waals surface area contributed by atoms with Gasteiger partial charge in [-0.25, -0.2) is 9.78 Å². The molecule has 0 radical (unpaired) electrons. The molecule has 5 nitrogen and oxygen atoms in total. The first kappa shape index (κ1) is 10.0. The van der Waals surface area contributed by atoms with E-state index in [1.165, 1.54) is 0 Å². The van der Waals surface area contributed by atoms with Gasteiger partial charge >= 0.3 is 6.03 Å². The van der Waals surface area contributed by atoms with Crippen molar-refractivity contribution in [3.05, 3.63) is 18.2 Å². The van der Waals surface area contributed by atoms with Gasteiger partial charge in [0.15, 0.2) is 0 Å². The predicted octanol–water partition coefficient (Wildman–Crippen LogP) is 0.770. The Labute approximate surface area is 89.3 Å². The molecule has 0 fully saturated rings. The molecule has 0 saturated heterocycles. The summed E-state index contributed by atoms with van der Waals surface area (Å²) in [5.74, 6) is 0.971. The van der Waals surface area contributed by atoms with Crippen molar-refractivity contribution in [1.82, 2.24) is 19.4 Å². The highest BCUT2D eigenvalue weighted by atomic mass is 16.2. The number of urea groups is 1. The van der Waals surface area contributed by atoms with E-state index in [0.717, 1.165) is 25.5 Å². The van der Waals surface area contributed by atoms with Gasteiger partial charge in [0.25, 0.3) is 0 Å². The lowest BCUT2D eigenvalue weighted by Gasteiger charge is -2.30. The van der Waals surface area contributed by atoms with E-state index in [1.807, 2.05) is 25.1 Å². The maximum atomic E-state index is 11.9. The van der Waals surface area contributed by atoms with Crippen molar-refractivity contribution in [2.24, 2.45) is 0 Å². The van der Waals surface area contributed by atoms with Crippen LogP contribution in [0.5, 0.6) is 0 Å². The van der Waals surface area contributed by atoms with Crippen LogP contribution in [0.15, 0.2) is 12.4 Å². The monoisotopic (exact) mass is 208 g/mol. The molecule has 0 spiro atoms. The van der Waals surface area contributed by atoms with Gasteiger partial charge in [-0.3, -0.25) is 0 Å². The van der Waals surface area contributed by atoms with Crippen LogP contribution >= 0.6 is 0 Å². The summed E-state index contributed by atoms with van der Waals surface area (Å²) in [5.41, 5.74) is 0. The maximum Gasteiger partial charge on any atom is 0.320 e. The second-order valence-electron chi connectivity index (χ2n) is 3.76. The molecule has 0 aromatic carbocycles. The predicted molar refractivity (Wildman–Crippen MR) is 56.3 cm³/mol. The third kappa shape index (κ3) is 1.82. The zero-order chi connectivity index (χ0) is 10.8. The minimum Gasteiger partial charge on any atom is -0.332 e. The fourth-order valence-corrected chi connectivity index (χ4v) is 1.71. The molecular formula is C10H16N4O. The minimum absolute atomic E-state index is 0.0896. The van der Waals surface area contributed by atoms with E-state index in [1.54, 1.807) is 11.1 Å². The molecule has 15 heavy (non-hydrogen) atoms. The quantitative estimate of drug-likeness (QED) is 0.684. The average molecular weight is 208 g/mol. The van der Waals surface area contributed by atoms with Crippen LogP contribution in [0.1, 0.15) is 12.7 Å². The van der Waals surface area contributed by atoms with Crippen molar-refractivity contribution in [3.63, 3.8) is 0 Å². The highest BCUT2D eigenvalue weighted by molar-refractivity contribution is 5.74. The van der Waals surface area contributed by atoms with Crippen LogP contribution in [-0.4, -0.2) is 45.5 Å². The first-order chi connectivity index (χ1) is 7.22. The highest BCUT2D eigenvalue weighted by Crippen LogP contribution is 2.11. The summed E-state index contributed by atoms with van der Waals surface area (Å²) in [5, 5.41) is 0. The van der Waals surface area contributed by atoms with Gasteiger partial charge in [-0.2, -0.15) is 0 Å². The summed E-state index contributed by atoms with van der Waals surface area (Å²) in [6.45, 7) is 4.95. The Kier molecular flexibility index (Phi) is 2.62. The first-order valence-electron chi connectivity index (χ1n) is 5.22. The van der Waals surface area contributed by atoms with Gasteiger partial charge in [-0.1, -0.05) is 0 Å². The van der Waals surface area contributed by atoms with Gasteiger partial charge in [0.05, 0.1) is 6.54 Å². The zero-order valence-corrected chi connectivity index (χ0v) is 9.18. The van der Waals surface area contributed by atoms with E-state index in [2.05, 4.69) is 9.55 Å². The van der Waals surface area contributed by atoms with Crippen molar-refractivity contribution < 1.29 is 4.79 Å². The van der Waals surface area contributed by atoms with Crippen molar-refractivity contribution in [2.75, 3.05) is 20.1 Å². The molecule has 1 aromatic rings. The van der Waals surface area contributed by atoms with E-state index >= 15 is 0 Å². The Hall–Kier alpha value is -1.52. The number of rotatable bonds is 1. The van der Waals surface area contributed by atoms with Crippen LogP contribution in [0.4, 0.5) is 4.79 Å². The fourth-order valence-electron chi connectivity index (χ4n) is 1.71. The Morgan fingerprint density at radius 1 is 1.60 bits per heavy atom. The van der Waals surface area contributed by atoms with Crippen LogP contribution in [0.25, 0.3) is 0 Å². The minimum atomic E-state index is 0.0896. The van der Waals surface area contributed by atoms with Crippen molar-refractivity contribution >= 4 is 6.03 Å². The van der Waals surface area contributed by atoms with Gasteiger partial charge in [0, 0.05) is 39.1 Å². The molecule has 0 bridgehead atoms. The molecule has 0 N–H and O–H groups in total. The van der Waals surface area contributed by atoms with Crippen molar-refractivity contribution in [2.45, 2.75) is 20.0 Å². The molecule has 0 aliphatic carbocycles. The van der Waals surface area contributed by atoms with E-state index in [-0.39, 0.29) is 6.03 Å². The molecule has 2 heterocycles. The number of carbonyl (C=O) groups excluding carboxylic acids is 1. The number of hydrogen-bond donors (Lipinski definition) is 0. The Bertz CT molecular complexity index is 360. The van der Waals surface area contributed by atoms with Crippen LogP contribution < -0.4 is 0 Å². The van der Waals surface area contributed by atoms with Crippen molar-refractivity contribution in [1.29, 1.82) is 0 Å². The smallest absolute Gasteiger partial charge is 0.320 e. The first-order valence-corrected chi connectivity index (χ1v) is 5.22. The molecule has 2 amide bonds. The normalized spacial score (nSPS) is 14.9. The summed E-state index contributed by atoms with van der Waals surface area (Å²) in [6, 6.07) is 0.0896. The Morgan fingerprint density at radius 3 is 3.13 bits per heavy atom. The average Bonchev–Trinajstić information content (AvgIpc) is 2.73. The van der Waals surface area contributed by atoms with Crippen LogP contribution in [0, 0.1) is 0 Å². The number of carbonyl (C=O) groups is 1. The summed E-state index contributed by atoms with van der Waals surface area (Å²) in [6.07, 6.45) is 3.74. The molecule has 1 aliphatic heterocycles. The molecule has 0 atom stereocenters. The summed E-state index contributed by atoms with van der Waals surface area (Å²) >= 11 is 0. The summed E-state index contributed by atoms with van der Waals surface area (Å²) < 4.78 is 2.09. The maximum absolute atomic E-state index is 11.9. The molecule has 5 heteroatoms. The topological polar surface area (TPSA) is 41.4 Å². The lowest BCUT2D eigenvalue weighted by atomic mass is 10.3. The molecule has 1 aliphatic rings. The van der Waals surface area contributed by atoms with Gasteiger partial charge < -0.3 is 14.4 Å². The molecule has 1 aromatic heterocycles. The lowest BCUT2D eigenvalue weighted by molar-refractivity contribution is 0.150. The van der Waals surface area contributed by atoms with Gasteiger partial charge in [-0.05, 0) is 6.92 Å². The second kappa shape index (κ2) is 3.92. The largest absolute Gasteiger partial charge is 0.332 e. The third-order valence-corrected chi connectivity index (χ3v) is 2.82. The van der Waals surface area contributed by atoms with Crippen LogP contribution in [-0.2, 0) is 13.1 Å². The lowest BCUT2D eigenvalue weighted by Crippen LogP contribution is -2.44. The number of nitrogens with zero attached hydrogens (tertiary/aromatic N) is 4. The molecule has 0 unspecified atom stereocenters. The molecule has 82 valence electrons. The van der Waals surface area contributed by atoms with Crippen LogP contribution in [0.3, 0.4) is 0 Å². The van der Waals surface area contributed by atoms with E-state index in [0.29, 0.717) is 6.54 Å². The number of fused-ring (bicyclic) bond motifs is 1. The summed E-state index contributed by atoms with van der Waals surface area (Å²) in [4.78, 5) is 19.7. The summed E-state index contributed by atoms with van der Waals surface area (Å²) in [7, 11) is 1.82. The third-order valence-electron chi connectivity index (χ3n) is 2.82. The number of amides is 2. The number of hydrogen-bond acceptors (Lipinski definition) is 2. The molecule has 2 rings (SSSR count). The van der Waals surface area contributed by atoms with E-state index in [4.69, 9.17) is 0 Å². The SMILES string of the molecule is CCN(C)C(=O)N1CCn2ccnc2C1. The van der Waals surface area contributed by atoms with Gasteiger partial charge in [0.1, 0.15) is 5.82 Å². The van der Waals surface area contributed by atoms with Gasteiger partial charge in [-0.15, -0.1) is 0 Å². The number of aromatic nitrogens is 2. The van der Waals surface area contributed by atoms with Crippen LogP contribution in [0.2, 0.25) is 0 Å². The standard InChI is InChI=1S/C10H16N4O/c1-3-12(2)10(15)14-7-6-13-5-4-11-9(13)8-14/h4-5H,3,6-8H2,1-2H3. The highest BCUT2D eigenvalue weighted by Gasteiger charge is 2.22. The molecular weight excluding hydrogens is 192 g/mol. The molecule has 0 saturated carbocycles. The van der Waals surface area contributed by atoms with Crippen molar-refractivity contribution in [3.8, 4) is 0 Å². The fraction of sp³-hybridized carbons (Fsp3) is 0.600. The second-order valence-corrected chi connectivity index (χ2v) is 3.76. The number of imidazole rings is 1. The van der Waals surface area contributed by atoms with Gasteiger partial charge in [0.2, 0.25) is 0 Å². The van der Waals surface area contributed by atoms with E-state index in [9.17, 15) is 4.79 Å². The Balaban J connectivity index is 2.06. The Morgan fingerprint density at radius 2 is 2.40 bits per heavy atom. The zero-order valence-electron chi connectivity index (χ0n) is 9.18.